The third-order valence-electron chi connectivity index (χ3n) is 2.97. The quantitative estimate of drug-likeness (QED) is 0.506. The molecular weight excluding hydrogens is 258 g/mol. The van der Waals surface area contributed by atoms with Crippen molar-refractivity contribution in [3.05, 3.63) is 27.9 Å². The lowest BCUT2D eigenvalue weighted by Gasteiger charge is -2.18. The number of alkyl halides is 1. The largest absolute Gasteiger partial charge is 0.358 e. The van der Waals surface area contributed by atoms with Gasteiger partial charge in [0.05, 0.1) is 7.05 Å². The Balaban J connectivity index is 2.82. The van der Waals surface area contributed by atoms with Crippen LogP contribution in [0.15, 0.2) is 12.1 Å². The highest BCUT2D eigenvalue weighted by Crippen LogP contribution is 2.15. The summed E-state index contributed by atoms with van der Waals surface area (Å²) in [6.45, 7) is 3.77. The highest BCUT2D eigenvalue weighted by Gasteiger charge is 2.22. The van der Waals surface area contributed by atoms with Crippen LogP contribution in [0, 0.1) is 16.0 Å². The second-order valence-corrected chi connectivity index (χ2v) is 4.60. The maximum Gasteiger partial charge on any atom is 0.323 e. The van der Waals surface area contributed by atoms with Crippen LogP contribution in [-0.2, 0) is 7.05 Å². The third-order valence-corrected chi connectivity index (χ3v) is 3.46. The van der Waals surface area contributed by atoms with Gasteiger partial charge in [-0.15, -0.1) is 11.6 Å². The molecular formula is C11H16ClN3O3. The summed E-state index contributed by atoms with van der Waals surface area (Å²) in [4.78, 5) is 22.1. The first-order valence-corrected chi connectivity index (χ1v) is 6.08. The molecule has 0 aromatic carbocycles. The first-order chi connectivity index (χ1) is 8.38. The summed E-state index contributed by atoms with van der Waals surface area (Å²) in [5, 5.41) is 13.4. The Morgan fingerprint density at radius 2 is 2.17 bits per heavy atom. The number of carbonyl (C=O) groups is 1. The van der Waals surface area contributed by atoms with Crippen molar-refractivity contribution in [2.45, 2.75) is 19.9 Å². The fourth-order valence-corrected chi connectivity index (χ4v) is 1.74. The molecule has 6 nitrogen and oxygen atoms in total. The van der Waals surface area contributed by atoms with Gasteiger partial charge in [0.15, 0.2) is 5.69 Å². The molecule has 0 saturated heterocycles. The molecule has 0 spiro atoms. The van der Waals surface area contributed by atoms with E-state index in [1.165, 1.54) is 23.7 Å². The smallest absolute Gasteiger partial charge is 0.323 e. The monoisotopic (exact) mass is 273 g/mol. The van der Waals surface area contributed by atoms with Crippen LogP contribution in [0.2, 0.25) is 0 Å². The number of halogens is 1. The van der Waals surface area contributed by atoms with E-state index in [9.17, 15) is 14.9 Å². The topological polar surface area (TPSA) is 77.2 Å². The Bertz CT molecular complexity index is 458. The van der Waals surface area contributed by atoms with E-state index in [0.717, 1.165) is 0 Å². The number of amides is 1. The van der Waals surface area contributed by atoms with Gasteiger partial charge in [-0.1, -0.05) is 6.92 Å². The van der Waals surface area contributed by atoms with E-state index >= 15 is 0 Å². The van der Waals surface area contributed by atoms with Crippen LogP contribution >= 0.6 is 11.6 Å². The van der Waals surface area contributed by atoms with Gasteiger partial charge < -0.3 is 15.4 Å². The van der Waals surface area contributed by atoms with Crippen molar-refractivity contribution in [3.63, 3.8) is 0 Å². The zero-order valence-electron chi connectivity index (χ0n) is 10.5. The molecule has 0 bridgehead atoms. The summed E-state index contributed by atoms with van der Waals surface area (Å²) in [5.41, 5.74) is 0.260. The Hall–Kier alpha value is -1.56. The van der Waals surface area contributed by atoms with Crippen LogP contribution in [0.4, 0.5) is 5.82 Å². The molecule has 1 N–H and O–H groups in total. The maximum atomic E-state index is 11.9. The van der Waals surface area contributed by atoms with Gasteiger partial charge in [-0.3, -0.25) is 4.79 Å². The van der Waals surface area contributed by atoms with Crippen molar-refractivity contribution < 1.29 is 9.72 Å². The molecule has 7 heteroatoms. The fraction of sp³-hybridized carbons (Fsp3) is 0.545. The molecule has 0 fully saturated rings. The molecule has 2 unspecified atom stereocenters. The van der Waals surface area contributed by atoms with E-state index in [1.54, 1.807) is 0 Å². The zero-order valence-corrected chi connectivity index (χ0v) is 11.3. The predicted octanol–water partition coefficient (Wildman–Crippen LogP) is 1.93. The molecule has 18 heavy (non-hydrogen) atoms. The lowest BCUT2D eigenvalue weighted by atomic mass is 10.1. The number of aromatic nitrogens is 1. The molecule has 1 aromatic heterocycles. The van der Waals surface area contributed by atoms with Gasteiger partial charge in [0.1, 0.15) is 0 Å². The Kier molecular flexibility index (Phi) is 4.72. The number of nitrogens with one attached hydrogen (secondary N) is 1. The summed E-state index contributed by atoms with van der Waals surface area (Å²) in [5.74, 6) is 0.119. The second kappa shape index (κ2) is 5.86. The molecule has 1 heterocycles. The Morgan fingerprint density at radius 3 is 2.61 bits per heavy atom. The van der Waals surface area contributed by atoms with Gasteiger partial charge in [0.2, 0.25) is 0 Å². The average molecular weight is 274 g/mol. The van der Waals surface area contributed by atoms with Gasteiger partial charge in [0, 0.05) is 18.0 Å². The van der Waals surface area contributed by atoms with E-state index in [-0.39, 0.29) is 29.4 Å². The molecule has 0 radical (unpaired) electrons. The number of rotatable bonds is 5. The van der Waals surface area contributed by atoms with Crippen LogP contribution in [0.25, 0.3) is 0 Å². The standard InChI is InChI=1S/C11H16ClN3O3/c1-7(6-12)8(2)13-11(16)9-4-5-10(14(9)3)15(17)18/h4-5,7-8H,6H2,1-3H3,(H,13,16). The van der Waals surface area contributed by atoms with E-state index in [2.05, 4.69) is 5.32 Å². The predicted molar refractivity (Wildman–Crippen MR) is 68.9 cm³/mol. The van der Waals surface area contributed by atoms with E-state index in [0.29, 0.717) is 5.88 Å². The first kappa shape index (κ1) is 14.5. The lowest BCUT2D eigenvalue weighted by molar-refractivity contribution is -0.391. The average Bonchev–Trinajstić information content (AvgIpc) is 2.69. The summed E-state index contributed by atoms with van der Waals surface area (Å²) >= 11 is 5.71. The van der Waals surface area contributed by atoms with Crippen LogP contribution in [0.1, 0.15) is 24.3 Å². The first-order valence-electron chi connectivity index (χ1n) is 5.55. The molecule has 1 rings (SSSR count). The van der Waals surface area contributed by atoms with Crippen molar-refractivity contribution in [1.82, 2.24) is 9.88 Å². The number of nitrogens with zero attached hydrogens (tertiary/aromatic N) is 2. The van der Waals surface area contributed by atoms with Gasteiger partial charge in [-0.25, -0.2) is 4.57 Å². The summed E-state index contributed by atoms with van der Waals surface area (Å²) in [7, 11) is 1.49. The molecule has 0 aliphatic carbocycles. The Morgan fingerprint density at radius 1 is 1.56 bits per heavy atom. The zero-order chi connectivity index (χ0) is 13.9. The van der Waals surface area contributed by atoms with E-state index in [1.807, 2.05) is 13.8 Å². The SMILES string of the molecule is CC(CCl)C(C)NC(=O)c1ccc([N+](=O)[O-])n1C. The van der Waals surface area contributed by atoms with Crippen LogP contribution in [0.5, 0.6) is 0 Å². The fourth-order valence-electron chi connectivity index (χ4n) is 1.47. The lowest BCUT2D eigenvalue weighted by Crippen LogP contribution is -2.38. The highest BCUT2D eigenvalue weighted by atomic mass is 35.5. The molecule has 100 valence electrons. The number of hydrogen-bond donors (Lipinski definition) is 1. The van der Waals surface area contributed by atoms with Crippen LogP contribution < -0.4 is 5.32 Å². The molecule has 1 amide bonds. The van der Waals surface area contributed by atoms with Crippen molar-refractivity contribution in [2.24, 2.45) is 13.0 Å². The molecule has 0 aliphatic heterocycles. The third kappa shape index (κ3) is 3.01. The van der Waals surface area contributed by atoms with Gasteiger partial charge in [-0.2, -0.15) is 0 Å². The summed E-state index contributed by atoms with van der Waals surface area (Å²) in [6, 6.07) is 2.65. The molecule has 0 aliphatic rings. The molecule has 1 aromatic rings. The van der Waals surface area contributed by atoms with E-state index < -0.39 is 4.92 Å². The minimum atomic E-state index is -0.526. The van der Waals surface area contributed by atoms with Gasteiger partial charge >= 0.3 is 5.82 Å². The van der Waals surface area contributed by atoms with Crippen molar-refractivity contribution in [2.75, 3.05) is 5.88 Å². The normalized spacial score (nSPS) is 14.0. The Labute approximate surface area is 110 Å². The molecule has 0 saturated carbocycles. The summed E-state index contributed by atoms with van der Waals surface area (Å²) in [6.07, 6.45) is 0. The minimum absolute atomic E-state index is 0.0936. The van der Waals surface area contributed by atoms with Gasteiger partial charge in [-0.05, 0) is 23.8 Å². The van der Waals surface area contributed by atoms with Crippen molar-refractivity contribution in [1.29, 1.82) is 0 Å². The van der Waals surface area contributed by atoms with E-state index in [4.69, 9.17) is 11.6 Å². The van der Waals surface area contributed by atoms with Crippen molar-refractivity contribution in [3.8, 4) is 0 Å². The van der Waals surface area contributed by atoms with Crippen LogP contribution in [0.3, 0.4) is 0 Å². The minimum Gasteiger partial charge on any atom is -0.358 e. The number of nitro groups is 1. The van der Waals surface area contributed by atoms with Gasteiger partial charge in [0.25, 0.3) is 5.91 Å². The van der Waals surface area contributed by atoms with Crippen LogP contribution in [-0.4, -0.2) is 27.3 Å². The highest BCUT2D eigenvalue weighted by molar-refractivity contribution is 6.18. The summed E-state index contributed by atoms with van der Waals surface area (Å²) < 4.78 is 1.26. The number of hydrogen-bond acceptors (Lipinski definition) is 3. The number of carbonyl (C=O) groups excluding carboxylic acids is 1. The van der Waals surface area contributed by atoms with Crippen molar-refractivity contribution >= 4 is 23.3 Å². The maximum absolute atomic E-state index is 11.9. The molecule has 2 atom stereocenters. The second-order valence-electron chi connectivity index (χ2n) is 4.29.